The number of sulfonamides is 1. The number of halogens is 2. The summed E-state index contributed by atoms with van der Waals surface area (Å²) in [6.07, 6.45) is 0. The van der Waals surface area contributed by atoms with Crippen LogP contribution in [0.3, 0.4) is 0 Å². The molecule has 0 unspecified atom stereocenters. The predicted octanol–water partition coefficient (Wildman–Crippen LogP) is 2.28. The highest BCUT2D eigenvalue weighted by molar-refractivity contribution is 8.01. The van der Waals surface area contributed by atoms with Crippen molar-refractivity contribution >= 4 is 33.6 Å². The zero-order valence-electron chi connectivity index (χ0n) is 20.1. The number of thioether (sulfide) groups is 1. The molecule has 0 radical (unpaired) electrons. The van der Waals surface area contributed by atoms with E-state index in [4.69, 9.17) is 9.47 Å². The van der Waals surface area contributed by atoms with Crippen LogP contribution in [0.1, 0.15) is 13.8 Å². The highest BCUT2D eigenvalue weighted by Gasteiger charge is 2.40. The zero-order valence-corrected chi connectivity index (χ0v) is 21.7. The van der Waals surface area contributed by atoms with E-state index in [1.807, 2.05) is 0 Å². The smallest absolute Gasteiger partial charge is 0.262 e. The Morgan fingerprint density at radius 1 is 1.16 bits per heavy atom. The second kappa shape index (κ2) is 12.2. The van der Waals surface area contributed by atoms with Crippen molar-refractivity contribution in [1.82, 2.24) is 15.1 Å². The fraction of sp³-hybridized carbons (Fsp3) is 0.391. The van der Waals surface area contributed by atoms with Gasteiger partial charge in [0.15, 0.2) is 11.6 Å². The number of hydrogen-bond acceptors (Lipinski definition) is 8. The Labute approximate surface area is 217 Å². The van der Waals surface area contributed by atoms with Gasteiger partial charge in [0, 0.05) is 17.8 Å². The number of rotatable bonds is 10. The summed E-state index contributed by atoms with van der Waals surface area (Å²) in [5, 5.41) is 9.22. The molecule has 14 heteroatoms. The molecule has 0 aromatic heterocycles. The summed E-state index contributed by atoms with van der Waals surface area (Å²) in [7, 11) is -4.47. The summed E-state index contributed by atoms with van der Waals surface area (Å²) in [5.74, 6) is -2.99. The molecule has 3 rings (SSSR count). The van der Waals surface area contributed by atoms with Gasteiger partial charge in [-0.05, 0) is 56.3 Å². The van der Waals surface area contributed by atoms with Crippen molar-refractivity contribution in [2.24, 2.45) is 0 Å². The molecular formula is C23H27F2N3O7S2. The fourth-order valence-corrected chi connectivity index (χ4v) is 5.83. The lowest BCUT2D eigenvalue weighted by Crippen LogP contribution is -2.56. The molecule has 0 aliphatic carbocycles. The maximum Gasteiger partial charge on any atom is 0.262 e. The Hall–Kier alpha value is -2.78. The molecule has 2 amide bonds. The van der Waals surface area contributed by atoms with Gasteiger partial charge in [-0.3, -0.25) is 14.8 Å². The van der Waals surface area contributed by atoms with Gasteiger partial charge in [-0.25, -0.2) is 22.7 Å². The lowest BCUT2D eigenvalue weighted by atomic mass is 10.0. The number of morpholine rings is 1. The highest BCUT2D eigenvalue weighted by Crippen LogP contribution is 2.31. The van der Waals surface area contributed by atoms with Crippen LogP contribution in [0, 0.1) is 11.6 Å². The van der Waals surface area contributed by atoms with Crippen molar-refractivity contribution in [1.29, 1.82) is 0 Å². The van der Waals surface area contributed by atoms with Crippen LogP contribution >= 0.6 is 11.8 Å². The average molecular weight is 560 g/mol. The Kier molecular flexibility index (Phi) is 9.47. The largest absolute Gasteiger partial charge is 0.454 e. The number of hydrogen-bond donors (Lipinski definition) is 3. The molecule has 2 aromatic rings. The van der Waals surface area contributed by atoms with Gasteiger partial charge in [-0.2, -0.15) is 4.72 Å². The minimum Gasteiger partial charge on any atom is -0.454 e. The van der Waals surface area contributed by atoms with E-state index in [0.717, 1.165) is 36.0 Å². The van der Waals surface area contributed by atoms with Gasteiger partial charge in [0.05, 0.1) is 23.9 Å². The third kappa shape index (κ3) is 7.61. The van der Waals surface area contributed by atoms with Crippen LogP contribution in [0.5, 0.6) is 11.5 Å². The van der Waals surface area contributed by atoms with Crippen LogP contribution in [-0.4, -0.2) is 73.2 Å². The molecule has 202 valence electrons. The van der Waals surface area contributed by atoms with E-state index < -0.39 is 43.2 Å². The van der Waals surface area contributed by atoms with Crippen LogP contribution in [-0.2, 0) is 24.3 Å². The van der Waals surface area contributed by atoms with Gasteiger partial charge in [-0.1, -0.05) is 0 Å². The summed E-state index contributed by atoms with van der Waals surface area (Å²) in [6, 6.07) is 6.13. The van der Waals surface area contributed by atoms with Gasteiger partial charge in [-0.15, -0.1) is 11.8 Å². The molecule has 1 fully saturated rings. The minimum atomic E-state index is -4.47. The monoisotopic (exact) mass is 559 g/mol. The number of carbonyl (C=O) groups is 2. The van der Waals surface area contributed by atoms with Crippen LogP contribution < -0.4 is 14.9 Å². The first-order valence-corrected chi connectivity index (χ1v) is 13.6. The lowest BCUT2D eigenvalue weighted by molar-refractivity contribution is -0.133. The highest BCUT2D eigenvalue weighted by atomic mass is 32.2. The van der Waals surface area contributed by atoms with Crippen molar-refractivity contribution < 1.29 is 41.5 Å². The number of nitrogens with zero attached hydrogens (tertiary/aromatic N) is 1. The Morgan fingerprint density at radius 2 is 1.81 bits per heavy atom. The van der Waals surface area contributed by atoms with Gasteiger partial charge >= 0.3 is 0 Å². The second-order valence-corrected chi connectivity index (χ2v) is 11.9. The maximum atomic E-state index is 14.7. The number of hydroxylamine groups is 1. The molecule has 1 saturated heterocycles. The van der Waals surface area contributed by atoms with Crippen molar-refractivity contribution in [3.63, 3.8) is 0 Å². The topological polar surface area (TPSA) is 134 Å². The normalized spacial score (nSPS) is 15.2. The van der Waals surface area contributed by atoms with Gasteiger partial charge in [0.2, 0.25) is 15.9 Å². The minimum absolute atomic E-state index is 0.0476. The third-order valence-electron chi connectivity index (χ3n) is 5.53. The Morgan fingerprint density at radius 3 is 2.41 bits per heavy atom. The first kappa shape index (κ1) is 28.8. The van der Waals surface area contributed by atoms with E-state index in [9.17, 15) is 32.0 Å². The van der Waals surface area contributed by atoms with Gasteiger partial charge < -0.3 is 14.4 Å². The molecule has 0 saturated carbocycles. The number of ether oxygens (including phenoxy) is 2. The molecule has 0 bridgehead atoms. The van der Waals surface area contributed by atoms with Crippen molar-refractivity contribution in [3.05, 3.63) is 54.1 Å². The first-order chi connectivity index (χ1) is 17.4. The molecule has 1 aliphatic rings. The molecule has 1 aliphatic heterocycles. The van der Waals surface area contributed by atoms with Crippen LogP contribution in [0.25, 0.3) is 0 Å². The van der Waals surface area contributed by atoms with E-state index in [0.29, 0.717) is 32.4 Å². The van der Waals surface area contributed by atoms with Crippen molar-refractivity contribution in [2.75, 3.05) is 32.1 Å². The maximum absolute atomic E-state index is 14.7. The van der Waals surface area contributed by atoms with Crippen LogP contribution in [0.2, 0.25) is 0 Å². The van der Waals surface area contributed by atoms with E-state index in [-0.39, 0.29) is 23.2 Å². The van der Waals surface area contributed by atoms with Gasteiger partial charge in [0.1, 0.15) is 17.6 Å². The summed E-state index contributed by atoms with van der Waals surface area (Å²) in [6.45, 7) is 4.76. The van der Waals surface area contributed by atoms with E-state index in [1.54, 1.807) is 4.90 Å². The van der Waals surface area contributed by atoms with Crippen molar-refractivity contribution in [2.45, 2.75) is 29.5 Å². The van der Waals surface area contributed by atoms with Crippen LogP contribution in [0.4, 0.5) is 8.78 Å². The standard InChI is InChI=1S/C23H27F2N3O7S2/c1-23(2,36-14-20(29)28-9-11-34-12-10-28)21(22(30)26-31)27-37(32,33)17-7-8-19(18(25)13-17)35-16-5-3-15(24)4-6-16/h3-8,13,21,27,31H,9-12,14H2,1-2H3,(H,26,30)/t21-/m0/s1. The Balaban J connectivity index is 1.74. The molecular weight excluding hydrogens is 532 g/mol. The number of amides is 2. The SMILES string of the molecule is CC(C)(SCC(=O)N1CCOCC1)[C@@H](NS(=O)(=O)c1ccc(Oc2ccc(F)cc2)c(F)c1)C(=O)NO. The lowest BCUT2D eigenvalue weighted by Gasteiger charge is -2.33. The number of nitrogens with one attached hydrogen (secondary N) is 2. The van der Waals surface area contributed by atoms with Crippen molar-refractivity contribution in [3.8, 4) is 11.5 Å². The molecule has 0 spiro atoms. The fourth-order valence-electron chi connectivity index (χ4n) is 3.40. The summed E-state index contributed by atoms with van der Waals surface area (Å²) < 4.78 is 65.3. The number of benzene rings is 2. The van der Waals surface area contributed by atoms with Gasteiger partial charge in [0.25, 0.3) is 5.91 Å². The van der Waals surface area contributed by atoms with E-state index >= 15 is 0 Å². The predicted molar refractivity (Wildman–Crippen MR) is 131 cm³/mol. The molecule has 1 heterocycles. The summed E-state index contributed by atoms with van der Waals surface area (Å²) in [5.41, 5.74) is 1.44. The Bertz CT molecular complexity index is 1220. The quantitative estimate of drug-likeness (QED) is 0.298. The van der Waals surface area contributed by atoms with E-state index in [2.05, 4.69) is 4.72 Å². The molecule has 1 atom stereocenters. The first-order valence-electron chi connectivity index (χ1n) is 11.1. The third-order valence-corrected chi connectivity index (χ3v) is 8.32. The van der Waals surface area contributed by atoms with E-state index in [1.165, 1.54) is 31.5 Å². The molecule has 3 N–H and O–H groups in total. The second-order valence-electron chi connectivity index (χ2n) is 8.56. The van der Waals surface area contributed by atoms with Crippen LogP contribution in [0.15, 0.2) is 47.4 Å². The summed E-state index contributed by atoms with van der Waals surface area (Å²) >= 11 is 1.02. The molecule has 2 aromatic carbocycles. The average Bonchev–Trinajstić information content (AvgIpc) is 2.88. The molecule has 37 heavy (non-hydrogen) atoms. The molecule has 10 nitrogen and oxygen atoms in total. The number of carbonyl (C=O) groups excluding carboxylic acids is 2. The summed E-state index contributed by atoms with van der Waals surface area (Å²) in [4.78, 5) is 26.1. The zero-order chi connectivity index (χ0) is 27.2.